The first kappa shape index (κ1) is 20.1. The average Bonchev–Trinajstić information content (AvgIpc) is 3.41. The number of carbonyl (C=O) groups excluding carboxylic acids is 1. The zero-order valence-electron chi connectivity index (χ0n) is 17.5. The number of hydrogen-bond acceptors (Lipinski definition) is 6. The van der Waals surface area contributed by atoms with Crippen molar-refractivity contribution in [1.29, 1.82) is 0 Å². The summed E-state index contributed by atoms with van der Waals surface area (Å²) >= 11 is 0. The number of nitrogens with zero attached hydrogens (tertiary/aromatic N) is 1. The largest absolute Gasteiger partial charge is 0.455 e. The van der Waals surface area contributed by atoms with Gasteiger partial charge in [-0.1, -0.05) is 6.07 Å². The Hall–Kier alpha value is -3.81. The Morgan fingerprint density at radius 3 is 2.75 bits per heavy atom. The van der Waals surface area contributed by atoms with Gasteiger partial charge in [0, 0.05) is 24.1 Å². The van der Waals surface area contributed by atoms with Crippen molar-refractivity contribution in [3.63, 3.8) is 0 Å². The molecule has 1 aliphatic heterocycles. The molecule has 2 aromatic carbocycles. The third-order valence-electron chi connectivity index (χ3n) is 5.59. The minimum absolute atomic E-state index is 0.211. The molecule has 0 radical (unpaired) electrons. The molecule has 2 N–H and O–H groups in total. The lowest BCUT2D eigenvalue weighted by atomic mass is 9.93. The van der Waals surface area contributed by atoms with E-state index in [4.69, 9.17) is 13.9 Å². The highest BCUT2D eigenvalue weighted by Crippen LogP contribution is 2.33. The van der Waals surface area contributed by atoms with Gasteiger partial charge in [-0.15, -0.1) is 0 Å². The molecule has 2 aliphatic rings. The monoisotopic (exact) mass is 435 g/mol. The third-order valence-corrected chi connectivity index (χ3v) is 5.59. The Morgan fingerprint density at radius 2 is 1.91 bits per heavy atom. The summed E-state index contributed by atoms with van der Waals surface area (Å²) in [5.41, 5.74) is 7.03. The second-order valence-corrected chi connectivity index (χ2v) is 7.76. The van der Waals surface area contributed by atoms with Gasteiger partial charge in [0.2, 0.25) is 6.79 Å². The first-order chi connectivity index (χ1) is 15.6. The van der Waals surface area contributed by atoms with Crippen molar-refractivity contribution in [2.75, 3.05) is 12.2 Å². The number of furan rings is 1. The molecule has 1 aromatic heterocycles. The quantitative estimate of drug-likeness (QED) is 0.575. The van der Waals surface area contributed by atoms with Gasteiger partial charge in [0.05, 0.1) is 11.4 Å². The molecule has 1 amide bonds. The molecule has 7 nitrogen and oxygen atoms in total. The van der Waals surface area contributed by atoms with Crippen molar-refractivity contribution in [2.45, 2.75) is 32.7 Å². The summed E-state index contributed by atoms with van der Waals surface area (Å²) in [5, 5.41) is 7.43. The zero-order chi connectivity index (χ0) is 22.1. The smallest absolute Gasteiger partial charge is 0.287 e. The Bertz CT molecular complexity index is 1200. The van der Waals surface area contributed by atoms with E-state index in [1.165, 1.54) is 12.1 Å². The maximum absolute atomic E-state index is 13.1. The Balaban J connectivity index is 1.32. The lowest BCUT2D eigenvalue weighted by molar-refractivity contribution is 0.0920. The van der Waals surface area contributed by atoms with E-state index >= 15 is 0 Å². The fourth-order valence-electron chi connectivity index (χ4n) is 3.97. The summed E-state index contributed by atoms with van der Waals surface area (Å²) in [6.45, 7) is 2.42. The fourth-order valence-corrected chi connectivity index (χ4v) is 3.97. The number of halogens is 1. The van der Waals surface area contributed by atoms with E-state index < -0.39 is 0 Å². The first-order valence-corrected chi connectivity index (χ1v) is 10.5. The lowest BCUT2D eigenvalue weighted by Crippen LogP contribution is -2.23. The predicted octanol–water partition coefficient (Wildman–Crippen LogP) is 4.54. The van der Waals surface area contributed by atoms with Gasteiger partial charge in [-0.2, -0.15) is 5.10 Å². The van der Waals surface area contributed by atoms with Crippen molar-refractivity contribution >= 4 is 17.3 Å². The van der Waals surface area contributed by atoms with Gasteiger partial charge >= 0.3 is 0 Å². The van der Waals surface area contributed by atoms with E-state index in [-0.39, 0.29) is 18.5 Å². The van der Waals surface area contributed by atoms with Crippen molar-refractivity contribution < 1.29 is 23.1 Å². The molecule has 1 aliphatic carbocycles. The molecule has 0 atom stereocenters. The first-order valence-electron chi connectivity index (χ1n) is 10.5. The summed E-state index contributed by atoms with van der Waals surface area (Å²) in [6, 6.07) is 11.6. The molecule has 8 heteroatoms. The van der Waals surface area contributed by atoms with Crippen molar-refractivity contribution in [1.82, 2.24) is 5.32 Å². The van der Waals surface area contributed by atoms with E-state index in [1.54, 1.807) is 12.1 Å². The van der Waals surface area contributed by atoms with Crippen molar-refractivity contribution in [2.24, 2.45) is 5.10 Å². The predicted molar refractivity (Wildman–Crippen MR) is 117 cm³/mol. The van der Waals surface area contributed by atoms with Crippen LogP contribution in [0.25, 0.3) is 0 Å². The van der Waals surface area contributed by atoms with Gasteiger partial charge in [-0.3, -0.25) is 10.2 Å². The molecule has 5 rings (SSSR count). The SMILES string of the molecule is Cc1c(C(=O)NCc2ccc3c(c2)OCO3)oc2c1/C(=N/Nc1ccc(F)cc1)CCC2. The van der Waals surface area contributed by atoms with Crippen LogP contribution in [0.5, 0.6) is 11.5 Å². The normalized spacial score (nSPS) is 15.5. The van der Waals surface area contributed by atoms with Crippen LogP contribution >= 0.6 is 0 Å². The second-order valence-electron chi connectivity index (χ2n) is 7.76. The number of anilines is 1. The summed E-state index contributed by atoms with van der Waals surface area (Å²) in [5.74, 6) is 1.87. The molecule has 0 spiro atoms. The molecular formula is C24H22FN3O4. The van der Waals surface area contributed by atoms with E-state index in [0.717, 1.165) is 47.4 Å². The van der Waals surface area contributed by atoms with E-state index in [9.17, 15) is 9.18 Å². The zero-order valence-corrected chi connectivity index (χ0v) is 17.5. The number of fused-ring (bicyclic) bond motifs is 2. The number of carbonyl (C=O) groups is 1. The number of rotatable bonds is 5. The Labute approximate surface area is 184 Å². The van der Waals surface area contributed by atoms with Crippen LogP contribution in [0.4, 0.5) is 10.1 Å². The molecule has 164 valence electrons. The van der Waals surface area contributed by atoms with Gasteiger partial charge in [0.15, 0.2) is 17.3 Å². The Morgan fingerprint density at radius 1 is 1.09 bits per heavy atom. The highest BCUT2D eigenvalue weighted by Gasteiger charge is 2.28. The highest BCUT2D eigenvalue weighted by atomic mass is 19.1. The fraction of sp³-hybridized carbons (Fsp3) is 0.250. The molecule has 3 aromatic rings. The minimum atomic E-state index is -0.301. The standard InChI is InChI=1S/C24H22FN3O4/c1-14-22-18(28-27-17-8-6-16(25)7-9-17)3-2-4-20(22)32-23(14)24(29)26-12-15-5-10-19-21(11-15)31-13-30-19/h5-11,27H,2-4,12-13H2,1H3,(H,26,29)/b28-18+. The maximum atomic E-state index is 13.1. The lowest BCUT2D eigenvalue weighted by Gasteiger charge is -2.13. The van der Waals surface area contributed by atoms with Gasteiger partial charge in [-0.25, -0.2) is 4.39 Å². The molecule has 0 fully saturated rings. The maximum Gasteiger partial charge on any atom is 0.287 e. The van der Waals surface area contributed by atoms with E-state index in [1.807, 2.05) is 25.1 Å². The van der Waals surface area contributed by atoms with Gasteiger partial charge in [-0.05, 0) is 61.7 Å². The van der Waals surface area contributed by atoms with Gasteiger partial charge < -0.3 is 19.2 Å². The van der Waals surface area contributed by atoms with Crippen molar-refractivity contribution in [3.8, 4) is 11.5 Å². The Kier molecular flexibility index (Phi) is 5.26. The van der Waals surface area contributed by atoms with Crippen LogP contribution in [-0.4, -0.2) is 18.4 Å². The summed E-state index contributed by atoms with van der Waals surface area (Å²) in [6.07, 6.45) is 2.39. The van der Waals surface area contributed by atoms with Crippen LogP contribution in [0.3, 0.4) is 0 Å². The van der Waals surface area contributed by atoms with Crippen LogP contribution in [0.2, 0.25) is 0 Å². The molecule has 0 saturated carbocycles. The molecule has 0 unspecified atom stereocenters. The number of hydrazone groups is 1. The van der Waals surface area contributed by atoms with Crippen LogP contribution in [0.15, 0.2) is 52.0 Å². The number of aryl methyl sites for hydroxylation is 1. The topological polar surface area (TPSA) is 85.1 Å². The number of benzene rings is 2. The third kappa shape index (κ3) is 3.91. The van der Waals surface area contributed by atoms with Crippen LogP contribution in [0, 0.1) is 12.7 Å². The van der Waals surface area contributed by atoms with Crippen molar-refractivity contribution in [3.05, 3.63) is 76.5 Å². The number of nitrogens with one attached hydrogen (secondary N) is 2. The minimum Gasteiger partial charge on any atom is -0.455 e. The molecule has 0 saturated heterocycles. The van der Waals surface area contributed by atoms with E-state index in [2.05, 4.69) is 15.8 Å². The summed E-state index contributed by atoms with van der Waals surface area (Å²) in [4.78, 5) is 12.9. The van der Waals surface area contributed by atoms with Gasteiger partial charge in [0.25, 0.3) is 5.91 Å². The van der Waals surface area contributed by atoms with E-state index in [0.29, 0.717) is 29.5 Å². The molecule has 0 bridgehead atoms. The summed E-state index contributed by atoms with van der Waals surface area (Å²) in [7, 11) is 0. The number of hydrogen-bond donors (Lipinski definition) is 2. The summed E-state index contributed by atoms with van der Waals surface area (Å²) < 4.78 is 29.8. The molecule has 32 heavy (non-hydrogen) atoms. The van der Waals surface area contributed by atoms with Crippen LogP contribution < -0.4 is 20.2 Å². The van der Waals surface area contributed by atoms with Gasteiger partial charge in [0.1, 0.15) is 11.6 Å². The highest BCUT2D eigenvalue weighted by molar-refractivity contribution is 6.06. The molecule has 2 heterocycles. The molecular weight excluding hydrogens is 413 g/mol. The number of ether oxygens (including phenoxy) is 2. The average molecular weight is 435 g/mol. The number of amides is 1. The van der Waals surface area contributed by atoms with Crippen LogP contribution in [0.1, 0.15) is 45.8 Å². The van der Waals surface area contributed by atoms with Crippen LogP contribution in [-0.2, 0) is 13.0 Å². The second kappa shape index (κ2) is 8.37.